The normalized spacial score (nSPS) is 10.5. The number of thioether (sulfide) groups is 1. The molecule has 0 bridgehead atoms. The minimum atomic E-state index is -0.0945. The van der Waals surface area contributed by atoms with Gasteiger partial charge in [0.1, 0.15) is 0 Å². The van der Waals surface area contributed by atoms with E-state index < -0.39 is 0 Å². The molecule has 7 nitrogen and oxygen atoms in total. The molecule has 0 saturated carbocycles. The number of nitrogens with zero attached hydrogens (tertiary/aromatic N) is 6. The van der Waals surface area contributed by atoms with E-state index in [2.05, 4.69) is 21.6 Å². The molecule has 0 radical (unpaired) electrons. The lowest BCUT2D eigenvalue weighted by Gasteiger charge is -2.21. The van der Waals surface area contributed by atoms with Gasteiger partial charge in [0.05, 0.1) is 23.9 Å². The molecule has 0 aliphatic carbocycles. The van der Waals surface area contributed by atoms with Crippen molar-refractivity contribution < 1.29 is 4.79 Å². The van der Waals surface area contributed by atoms with E-state index in [4.69, 9.17) is 5.26 Å². The summed E-state index contributed by atoms with van der Waals surface area (Å²) in [4.78, 5) is 14.5. The number of nitriles is 1. The summed E-state index contributed by atoms with van der Waals surface area (Å²) in [5, 5.41) is 21.3. The Kier molecular flexibility index (Phi) is 6.40. The van der Waals surface area contributed by atoms with Gasteiger partial charge < -0.3 is 4.90 Å². The number of benzene rings is 2. The monoisotopic (exact) mass is 392 g/mol. The van der Waals surface area contributed by atoms with Crippen LogP contribution in [0.2, 0.25) is 0 Å². The largest absolute Gasteiger partial charge is 0.311 e. The van der Waals surface area contributed by atoms with Crippen molar-refractivity contribution in [3.63, 3.8) is 0 Å². The quantitative estimate of drug-likeness (QED) is 0.573. The van der Waals surface area contributed by atoms with Gasteiger partial charge in [0.25, 0.3) is 0 Å². The minimum Gasteiger partial charge on any atom is -0.311 e. The second-order valence-corrected chi connectivity index (χ2v) is 7.23. The van der Waals surface area contributed by atoms with Crippen LogP contribution in [0, 0.1) is 25.2 Å². The molecule has 0 atom stereocenters. The zero-order valence-corrected chi connectivity index (χ0v) is 16.6. The van der Waals surface area contributed by atoms with Crippen molar-refractivity contribution >= 4 is 23.4 Å². The first kappa shape index (κ1) is 19.6. The Bertz CT molecular complexity index is 992. The van der Waals surface area contributed by atoms with E-state index in [0.29, 0.717) is 11.7 Å². The Morgan fingerprint density at radius 2 is 1.96 bits per heavy atom. The van der Waals surface area contributed by atoms with E-state index >= 15 is 0 Å². The Balaban J connectivity index is 1.74. The van der Waals surface area contributed by atoms with E-state index in [9.17, 15) is 4.79 Å². The summed E-state index contributed by atoms with van der Waals surface area (Å²) in [6, 6.07) is 17.6. The van der Waals surface area contributed by atoms with Crippen LogP contribution in [0.4, 0.5) is 5.69 Å². The van der Waals surface area contributed by atoms with Gasteiger partial charge in [-0.15, -0.1) is 5.10 Å². The van der Waals surface area contributed by atoms with Gasteiger partial charge in [-0.25, -0.2) is 0 Å². The molecule has 1 aromatic heterocycles. The number of anilines is 1. The summed E-state index contributed by atoms with van der Waals surface area (Å²) in [5.74, 6) is 0.0776. The van der Waals surface area contributed by atoms with Crippen LogP contribution in [-0.4, -0.2) is 38.4 Å². The summed E-state index contributed by atoms with van der Waals surface area (Å²) >= 11 is 1.27. The topological polar surface area (TPSA) is 87.7 Å². The third kappa shape index (κ3) is 4.75. The number of aromatic nitrogens is 4. The van der Waals surface area contributed by atoms with Gasteiger partial charge >= 0.3 is 0 Å². The van der Waals surface area contributed by atoms with Gasteiger partial charge in [-0.1, -0.05) is 41.6 Å². The van der Waals surface area contributed by atoms with E-state index in [1.165, 1.54) is 11.8 Å². The number of rotatable bonds is 7. The second kappa shape index (κ2) is 9.15. The number of carbonyl (C=O) groups excluding carboxylic acids is 1. The van der Waals surface area contributed by atoms with Crippen molar-refractivity contribution in [1.82, 2.24) is 20.2 Å². The van der Waals surface area contributed by atoms with Crippen LogP contribution in [0.25, 0.3) is 5.69 Å². The predicted molar refractivity (Wildman–Crippen MR) is 108 cm³/mol. The zero-order valence-electron chi connectivity index (χ0n) is 15.7. The second-order valence-electron chi connectivity index (χ2n) is 6.29. The fourth-order valence-corrected chi connectivity index (χ4v) is 3.45. The summed E-state index contributed by atoms with van der Waals surface area (Å²) in [7, 11) is 0. The zero-order chi connectivity index (χ0) is 19.9. The summed E-state index contributed by atoms with van der Waals surface area (Å²) < 4.78 is 1.62. The Morgan fingerprint density at radius 3 is 2.68 bits per heavy atom. The SMILES string of the molecule is Cc1ccc(N(CCC#N)C(=O)CSc2nnnn2-c2cccc(C)c2)cc1. The van der Waals surface area contributed by atoms with E-state index in [-0.39, 0.29) is 18.1 Å². The number of carbonyl (C=O) groups is 1. The first-order valence-electron chi connectivity index (χ1n) is 8.80. The standard InChI is InChI=1S/C20H20N6OS/c1-15-7-9-17(10-8-15)25(12-4-11-21)19(27)14-28-20-22-23-24-26(20)18-6-3-5-16(2)13-18/h3,5-10,13H,4,12,14H2,1-2H3. The predicted octanol–water partition coefficient (Wildman–Crippen LogP) is 3.32. The Morgan fingerprint density at radius 1 is 1.18 bits per heavy atom. The number of aryl methyl sites for hydroxylation is 2. The molecule has 2 aromatic carbocycles. The molecule has 0 aliphatic heterocycles. The smallest absolute Gasteiger partial charge is 0.237 e. The lowest BCUT2D eigenvalue weighted by molar-refractivity contribution is -0.116. The number of tetrazole rings is 1. The van der Waals surface area contributed by atoms with Crippen LogP contribution in [0.15, 0.2) is 53.7 Å². The molecule has 28 heavy (non-hydrogen) atoms. The van der Waals surface area contributed by atoms with E-state index in [0.717, 1.165) is 22.5 Å². The maximum atomic E-state index is 12.8. The molecular formula is C20H20N6OS. The highest BCUT2D eigenvalue weighted by molar-refractivity contribution is 7.99. The average molecular weight is 392 g/mol. The van der Waals surface area contributed by atoms with E-state index in [1.54, 1.807) is 9.58 Å². The van der Waals surface area contributed by atoms with Crippen LogP contribution in [0.1, 0.15) is 17.5 Å². The maximum Gasteiger partial charge on any atom is 0.237 e. The molecule has 0 aliphatic rings. The van der Waals surface area contributed by atoms with Gasteiger partial charge in [-0.2, -0.15) is 9.94 Å². The number of amides is 1. The summed E-state index contributed by atoms with van der Waals surface area (Å²) in [5.41, 5.74) is 3.84. The van der Waals surface area contributed by atoms with Gasteiger partial charge in [-0.3, -0.25) is 4.79 Å². The van der Waals surface area contributed by atoms with Crippen LogP contribution < -0.4 is 4.90 Å². The Labute approximate surface area is 168 Å². The maximum absolute atomic E-state index is 12.8. The summed E-state index contributed by atoms with van der Waals surface area (Å²) in [6.07, 6.45) is 0.269. The number of hydrogen-bond acceptors (Lipinski definition) is 6. The van der Waals surface area contributed by atoms with E-state index in [1.807, 2.05) is 62.4 Å². The van der Waals surface area contributed by atoms with Crippen LogP contribution in [-0.2, 0) is 4.79 Å². The lowest BCUT2D eigenvalue weighted by Crippen LogP contribution is -2.33. The lowest BCUT2D eigenvalue weighted by atomic mass is 10.2. The molecule has 0 N–H and O–H groups in total. The summed E-state index contributed by atoms with van der Waals surface area (Å²) in [6.45, 7) is 4.34. The van der Waals surface area contributed by atoms with Gasteiger partial charge in [-0.05, 0) is 54.1 Å². The van der Waals surface area contributed by atoms with Crippen molar-refractivity contribution in [3.8, 4) is 11.8 Å². The molecule has 1 amide bonds. The van der Waals surface area contributed by atoms with Crippen LogP contribution in [0.5, 0.6) is 0 Å². The van der Waals surface area contributed by atoms with Crippen molar-refractivity contribution in [2.24, 2.45) is 0 Å². The first-order chi connectivity index (χ1) is 13.6. The molecule has 0 saturated heterocycles. The van der Waals surface area contributed by atoms with Gasteiger partial charge in [0.15, 0.2) is 0 Å². The van der Waals surface area contributed by atoms with Gasteiger partial charge in [0.2, 0.25) is 11.1 Å². The molecule has 0 spiro atoms. The minimum absolute atomic E-state index is 0.0945. The Hall–Kier alpha value is -3.18. The highest BCUT2D eigenvalue weighted by atomic mass is 32.2. The van der Waals surface area contributed by atoms with Crippen molar-refractivity contribution in [2.45, 2.75) is 25.4 Å². The third-order valence-corrected chi connectivity index (χ3v) is 5.01. The highest BCUT2D eigenvalue weighted by Crippen LogP contribution is 2.22. The van der Waals surface area contributed by atoms with Crippen molar-refractivity contribution in [1.29, 1.82) is 5.26 Å². The molecular weight excluding hydrogens is 372 g/mol. The molecule has 8 heteroatoms. The fraction of sp³-hybridized carbons (Fsp3) is 0.250. The van der Waals surface area contributed by atoms with Crippen LogP contribution in [0.3, 0.4) is 0 Å². The molecule has 1 heterocycles. The van der Waals surface area contributed by atoms with Crippen LogP contribution >= 0.6 is 11.8 Å². The molecule has 0 fully saturated rings. The van der Waals surface area contributed by atoms with Crippen molar-refractivity contribution in [3.05, 3.63) is 59.7 Å². The molecule has 3 aromatic rings. The highest BCUT2D eigenvalue weighted by Gasteiger charge is 2.18. The third-order valence-electron chi connectivity index (χ3n) is 4.11. The number of hydrogen-bond donors (Lipinski definition) is 0. The molecule has 3 rings (SSSR count). The van der Waals surface area contributed by atoms with Crippen molar-refractivity contribution in [2.75, 3.05) is 17.2 Å². The first-order valence-corrected chi connectivity index (χ1v) is 9.79. The van der Waals surface area contributed by atoms with Gasteiger partial charge in [0, 0.05) is 12.2 Å². The molecule has 142 valence electrons. The fourth-order valence-electron chi connectivity index (χ4n) is 2.68. The average Bonchev–Trinajstić information content (AvgIpc) is 3.16. The molecule has 0 unspecified atom stereocenters.